The zero-order chi connectivity index (χ0) is 23.5. The average Bonchev–Trinajstić information content (AvgIpc) is 3.11. The summed E-state index contributed by atoms with van der Waals surface area (Å²) in [5, 5.41) is 3.32. The number of benzene rings is 1. The molecule has 0 bridgehead atoms. The molecule has 0 radical (unpaired) electrons. The van der Waals surface area contributed by atoms with Gasteiger partial charge in [0.2, 0.25) is 11.8 Å². The second kappa shape index (κ2) is 10.3. The van der Waals surface area contributed by atoms with Crippen molar-refractivity contribution in [2.24, 2.45) is 0 Å². The molecule has 0 spiro atoms. The van der Waals surface area contributed by atoms with Crippen LogP contribution in [0.2, 0.25) is 0 Å². The number of aryl methyl sites for hydroxylation is 1. The molecule has 1 aliphatic carbocycles. The summed E-state index contributed by atoms with van der Waals surface area (Å²) in [4.78, 5) is 47.4. The van der Waals surface area contributed by atoms with Gasteiger partial charge < -0.3 is 10.2 Å². The fourth-order valence-electron chi connectivity index (χ4n) is 5.73. The van der Waals surface area contributed by atoms with Crippen molar-refractivity contribution in [1.82, 2.24) is 19.4 Å². The Labute approximate surface area is 200 Å². The lowest BCUT2D eigenvalue weighted by Gasteiger charge is -2.40. The predicted octanol–water partition coefficient (Wildman–Crippen LogP) is 2.93. The number of piperazine rings is 1. The van der Waals surface area contributed by atoms with Gasteiger partial charge in [0.05, 0.1) is 10.9 Å². The topological polar surface area (TPSA) is 87.5 Å². The van der Waals surface area contributed by atoms with Gasteiger partial charge in [-0.1, -0.05) is 25.7 Å². The van der Waals surface area contributed by atoms with E-state index in [1.165, 1.54) is 32.1 Å². The minimum atomic E-state index is -0.345. The number of hydrogen-bond donors (Lipinski definition) is 1. The summed E-state index contributed by atoms with van der Waals surface area (Å²) in [6.07, 6.45) is 10.3. The molecule has 0 atom stereocenters. The van der Waals surface area contributed by atoms with Crippen LogP contribution in [-0.2, 0) is 22.6 Å². The van der Waals surface area contributed by atoms with Crippen LogP contribution in [0.5, 0.6) is 0 Å². The molecular weight excluding hydrogens is 430 g/mol. The first-order valence-corrected chi connectivity index (χ1v) is 12.9. The first-order chi connectivity index (χ1) is 16.6. The zero-order valence-electron chi connectivity index (χ0n) is 19.9. The van der Waals surface area contributed by atoms with Crippen LogP contribution in [0.1, 0.15) is 63.6 Å². The lowest BCUT2D eigenvalue weighted by Crippen LogP contribution is -2.52. The Hall–Kier alpha value is -2.74. The van der Waals surface area contributed by atoms with E-state index in [0.717, 1.165) is 44.6 Å². The van der Waals surface area contributed by atoms with E-state index in [1.807, 2.05) is 4.90 Å². The Morgan fingerprint density at radius 1 is 0.941 bits per heavy atom. The van der Waals surface area contributed by atoms with Gasteiger partial charge in [-0.25, -0.2) is 4.98 Å². The molecule has 8 heteroatoms. The third-order valence-corrected chi connectivity index (χ3v) is 7.67. The fraction of sp³-hybridized carbons (Fsp3) is 0.615. The van der Waals surface area contributed by atoms with E-state index in [-0.39, 0.29) is 23.8 Å². The quantitative estimate of drug-likeness (QED) is 0.702. The Morgan fingerprint density at radius 3 is 2.50 bits per heavy atom. The molecule has 182 valence electrons. The summed E-state index contributed by atoms with van der Waals surface area (Å²) in [6.45, 7) is 3.85. The molecule has 1 aromatic carbocycles. The lowest BCUT2D eigenvalue weighted by molar-refractivity contribution is -0.136. The lowest BCUT2D eigenvalue weighted by atomic mass is 9.94. The van der Waals surface area contributed by atoms with Crippen molar-refractivity contribution in [3.05, 3.63) is 34.4 Å². The molecule has 1 saturated carbocycles. The number of anilines is 1. The number of nitrogens with zero attached hydrogens (tertiary/aromatic N) is 4. The summed E-state index contributed by atoms with van der Waals surface area (Å²) >= 11 is 0. The highest BCUT2D eigenvalue weighted by Gasteiger charge is 2.27. The highest BCUT2D eigenvalue weighted by atomic mass is 16.2. The van der Waals surface area contributed by atoms with E-state index in [1.54, 1.807) is 22.8 Å². The number of fused-ring (bicyclic) bond motifs is 2. The molecule has 2 aliphatic heterocycles. The minimum Gasteiger partial charge on any atom is -0.340 e. The normalized spacial score (nSPS) is 20.1. The summed E-state index contributed by atoms with van der Waals surface area (Å²) in [5.41, 5.74) is 1.13. The van der Waals surface area contributed by atoms with E-state index < -0.39 is 0 Å². The van der Waals surface area contributed by atoms with Crippen LogP contribution >= 0.6 is 0 Å². The Bertz CT molecular complexity index is 1110. The van der Waals surface area contributed by atoms with Gasteiger partial charge in [-0.05, 0) is 43.9 Å². The van der Waals surface area contributed by atoms with Crippen LogP contribution < -0.4 is 10.9 Å². The molecule has 34 heavy (non-hydrogen) atoms. The number of rotatable bonds is 4. The molecule has 0 unspecified atom stereocenters. The van der Waals surface area contributed by atoms with Gasteiger partial charge in [-0.2, -0.15) is 0 Å². The molecule has 5 rings (SSSR count). The molecule has 1 N–H and O–H groups in total. The van der Waals surface area contributed by atoms with E-state index in [4.69, 9.17) is 4.98 Å². The summed E-state index contributed by atoms with van der Waals surface area (Å²) in [7, 11) is 0. The van der Waals surface area contributed by atoms with Gasteiger partial charge in [0.15, 0.2) is 0 Å². The van der Waals surface area contributed by atoms with Crippen LogP contribution in [0.25, 0.3) is 10.9 Å². The summed E-state index contributed by atoms with van der Waals surface area (Å²) in [5.74, 6) is 0.372. The second-order valence-electron chi connectivity index (χ2n) is 9.96. The standard InChI is InChI=1S/C26H35N5O3/c32-24(18-25(33)30-15-13-29(14-16-30)20-7-3-1-4-8-20)27-19-10-11-22-21(17-19)26(34)31-12-6-2-5-9-23(31)28-22/h10-11,17,20H,1-9,12-16,18H2,(H,27,32). The van der Waals surface area contributed by atoms with E-state index in [9.17, 15) is 14.4 Å². The molecule has 3 aliphatic rings. The molecule has 2 amide bonds. The highest BCUT2D eigenvalue weighted by molar-refractivity contribution is 6.04. The predicted molar refractivity (Wildman–Crippen MR) is 132 cm³/mol. The maximum Gasteiger partial charge on any atom is 0.261 e. The SMILES string of the molecule is O=C(CC(=O)N1CCN(C2CCCCC2)CC1)Nc1ccc2nc3n(c(=O)c2c1)CCCCC3. The first kappa shape index (κ1) is 23.0. The van der Waals surface area contributed by atoms with Crippen LogP contribution in [0.15, 0.2) is 23.0 Å². The maximum absolute atomic E-state index is 13.0. The maximum atomic E-state index is 13.0. The van der Waals surface area contributed by atoms with Crippen molar-refractivity contribution in [3.63, 3.8) is 0 Å². The van der Waals surface area contributed by atoms with E-state index in [2.05, 4.69) is 10.2 Å². The van der Waals surface area contributed by atoms with Gasteiger partial charge >= 0.3 is 0 Å². The highest BCUT2D eigenvalue weighted by Crippen LogP contribution is 2.24. The number of aromatic nitrogens is 2. The smallest absolute Gasteiger partial charge is 0.261 e. The van der Waals surface area contributed by atoms with Crippen molar-refractivity contribution < 1.29 is 9.59 Å². The first-order valence-electron chi connectivity index (χ1n) is 12.9. The molecule has 1 saturated heterocycles. The molecule has 1 aromatic heterocycles. The minimum absolute atomic E-state index is 0.0510. The van der Waals surface area contributed by atoms with Crippen molar-refractivity contribution in [1.29, 1.82) is 0 Å². The Morgan fingerprint density at radius 2 is 1.71 bits per heavy atom. The number of nitrogens with one attached hydrogen (secondary N) is 1. The van der Waals surface area contributed by atoms with Crippen LogP contribution in [0, 0.1) is 0 Å². The third kappa shape index (κ3) is 5.02. The Balaban J connectivity index is 1.19. The molecule has 2 fully saturated rings. The third-order valence-electron chi connectivity index (χ3n) is 7.67. The largest absolute Gasteiger partial charge is 0.340 e. The van der Waals surface area contributed by atoms with Crippen LogP contribution in [0.3, 0.4) is 0 Å². The number of carbonyl (C=O) groups excluding carboxylic acids is 2. The molecular formula is C26H35N5O3. The summed E-state index contributed by atoms with van der Waals surface area (Å²) < 4.78 is 1.78. The number of hydrogen-bond acceptors (Lipinski definition) is 5. The van der Waals surface area contributed by atoms with Gasteiger partial charge in [-0.15, -0.1) is 0 Å². The molecule has 2 aromatic rings. The second-order valence-corrected chi connectivity index (χ2v) is 9.96. The van der Waals surface area contributed by atoms with Crippen LogP contribution in [-0.4, -0.2) is 63.4 Å². The average molecular weight is 466 g/mol. The van der Waals surface area contributed by atoms with E-state index >= 15 is 0 Å². The van der Waals surface area contributed by atoms with Gasteiger partial charge in [0.1, 0.15) is 12.2 Å². The van der Waals surface area contributed by atoms with E-state index in [0.29, 0.717) is 42.3 Å². The molecule has 8 nitrogen and oxygen atoms in total. The number of carbonyl (C=O) groups is 2. The zero-order valence-corrected chi connectivity index (χ0v) is 19.9. The number of amides is 2. The van der Waals surface area contributed by atoms with Gasteiger partial charge in [-0.3, -0.25) is 23.9 Å². The monoisotopic (exact) mass is 465 g/mol. The van der Waals surface area contributed by atoms with Crippen molar-refractivity contribution in [3.8, 4) is 0 Å². The summed E-state index contributed by atoms with van der Waals surface area (Å²) in [6, 6.07) is 5.89. The van der Waals surface area contributed by atoms with Crippen LogP contribution in [0.4, 0.5) is 5.69 Å². The van der Waals surface area contributed by atoms with Crippen molar-refractivity contribution in [2.45, 2.75) is 76.8 Å². The van der Waals surface area contributed by atoms with Gasteiger partial charge in [0.25, 0.3) is 5.56 Å². The molecule has 3 heterocycles. The fourth-order valence-corrected chi connectivity index (χ4v) is 5.73. The Kier molecular flexibility index (Phi) is 6.94. The van der Waals surface area contributed by atoms with Crippen molar-refractivity contribution in [2.75, 3.05) is 31.5 Å². The van der Waals surface area contributed by atoms with Crippen molar-refractivity contribution >= 4 is 28.4 Å². The van der Waals surface area contributed by atoms with Gasteiger partial charge in [0, 0.05) is 50.9 Å².